The Kier molecular flexibility index (Phi) is 3.95. The summed E-state index contributed by atoms with van der Waals surface area (Å²) in [4.78, 5) is 11.3. The van der Waals surface area contributed by atoms with Gasteiger partial charge in [0, 0.05) is 12.3 Å². The number of primary amides is 1. The third-order valence-electron chi connectivity index (χ3n) is 3.10. The SMILES string of the molecule is Cc1cccc(C(CC(N)=O)c2cccc(F)c2)c1. The number of carbonyl (C=O) groups excluding carboxylic acids is 1. The molecule has 0 radical (unpaired) electrons. The molecule has 3 heteroatoms. The number of hydrogen-bond donors (Lipinski definition) is 1. The van der Waals surface area contributed by atoms with Gasteiger partial charge in [-0.3, -0.25) is 4.79 Å². The Morgan fingerprint density at radius 1 is 1.16 bits per heavy atom. The van der Waals surface area contributed by atoms with Gasteiger partial charge < -0.3 is 5.73 Å². The molecule has 0 saturated heterocycles. The van der Waals surface area contributed by atoms with Gasteiger partial charge in [-0.05, 0) is 30.2 Å². The molecule has 0 aliphatic heterocycles. The van der Waals surface area contributed by atoms with Crippen molar-refractivity contribution in [2.24, 2.45) is 5.73 Å². The van der Waals surface area contributed by atoms with Gasteiger partial charge in [0.15, 0.2) is 0 Å². The molecule has 0 saturated carbocycles. The fourth-order valence-corrected chi connectivity index (χ4v) is 2.24. The summed E-state index contributed by atoms with van der Waals surface area (Å²) in [6, 6.07) is 14.2. The van der Waals surface area contributed by atoms with E-state index in [-0.39, 0.29) is 18.2 Å². The largest absolute Gasteiger partial charge is 0.370 e. The number of nitrogens with two attached hydrogens (primary N) is 1. The maximum absolute atomic E-state index is 13.3. The maximum Gasteiger partial charge on any atom is 0.218 e. The molecule has 2 rings (SSSR count). The number of hydrogen-bond acceptors (Lipinski definition) is 1. The van der Waals surface area contributed by atoms with Gasteiger partial charge in [0.25, 0.3) is 0 Å². The lowest BCUT2D eigenvalue weighted by Gasteiger charge is -2.17. The Bertz CT molecular complexity index is 549. The molecule has 0 fully saturated rings. The lowest BCUT2D eigenvalue weighted by atomic mass is 9.87. The number of benzene rings is 2. The first kappa shape index (κ1) is 13.3. The first-order valence-corrected chi connectivity index (χ1v) is 6.16. The summed E-state index contributed by atoms with van der Waals surface area (Å²) in [7, 11) is 0. The van der Waals surface area contributed by atoms with E-state index in [0.29, 0.717) is 0 Å². The Hall–Kier alpha value is -2.16. The van der Waals surface area contributed by atoms with Crippen molar-refractivity contribution in [3.63, 3.8) is 0 Å². The Labute approximate surface area is 112 Å². The molecule has 1 atom stereocenters. The zero-order valence-corrected chi connectivity index (χ0v) is 10.8. The van der Waals surface area contributed by atoms with Crippen molar-refractivity contribution in [3.8, 4) is 0 Å². The van der Waals surface area contributed by atoms with Crippen LogP contribution in [-0.2, 0) is 4.79 Å². The minimum Gasteiger partial charge on any atom is -0.370 e. The van der Waals surface area contributed by atoms with Gasteiger partial charge in [-0.1, -0.05) is 42.0 Å². The van der Waals surface area contributed by atoms with E-state index < -0.39 is 5.91 Å². The Morgan fingerprint density at radius 3 is 2.37 bits per heavy atom. The lowest BCUT2D eigenvalue weighted by molar-refractivity contribution is -0.118. The molecule has 98 valence electrons. The summed E-state index contributed by atoms with van der Waals surface area (Å²) in [6.45, 7) is 1.98. The third kappa shape index (κ3) is 3.41. The molecule has 2 N–H and O–H groups in total. The monoisotopic (exact) mass is 257 g/mol. The predicted octanol–water partition coefficient (Wildman–Crippen LogP) is 3.14. The van der Waals surface area contributed by atoms with E-state index in [1.54, 1.807) is 6.07 Å². The van der Waals surface area contributed by atoms with Gasteiger partial charge >= 0.3 is 0 Å². The normalized spacial score (nSPS) is 12.1. The van der Waals surface area contributed by atoms with Gasteiger partial charge in [-0.25, -0.2) is 4.39 Å². The van der Waals surface area contributed by atoms with Crippen LogP contribution in [0.5, 0.6) is 0 Å². The fourth-order valence-electron chi connectivity index (χ4n) is 2.24. The topological polar surface area (TPSA) is 43.1 Å². The number of amides is 1. The molecule has 2 nitrogen and oxygen atoms in total. The third-order valence-corrected chi connectivity index (χ3v) is 3.10. The number of halogens is 1. The van der Waals surface area contributed by atoms with Gasteiger partial charge in [-0.15, -0.1) is 0 Å². The molecule has 1 unspecified atom stereocenters. The van der Waals surface area contributed by atoms with Crippen molar-refractivity contribution >= 4 is 5.91 Å². The van der Waals surface area contributed by atoms with Gasteiger partial charge in [-0.2, -0.15) is 0 Å². The molecule has 19 heavy (non-hydrogen) atoms. The highest BCUT2D eigenvalue weighted by atomic mass is 19.1. The quantitative estimate of drug-likeness (QED) is 0.898. The summed E-state index contributed by atoms with van der Waals surface area (Å²) in [5.74, 6) is -0.900. The Balaban J connectivity index is 2.44. The van der Waals surface area contributed by atoms with Crippen LogP contribution >= 0.6 is 0 Å². The van der Waals surface area contributed by atoms with Crippen molar-refractivity contribution in [3.05, 3.63) is 71.0 Å². The molecule has 0 aliphatic carbocycles. The zero-order valence-electron chi connectivity index (χ0n) is 10.8. The molecule has 1 amide bonds. The summed E-state index contributed by atoms with van der Waals surface area (Å²) < 4.78 is 13.3. The van der Waals surface area contributed by atoms with Gasteiger partial charge in [0.1, 0.15) is 5.82 Å². The molecule has 0 aliphatic rings. The average Bonchev–Trinajstić information content (AvgIpc) is 2.35. The first-order chi connectivity index (χ1) is 9.06. The van der Waals surface area contributed by atoms with Crippen LogP contribution in [0, 0.1) is 12.7 Å². The molecular formula is C16H16FNO. The second kappa shape index (κ2) is 5.65. The fraction of sp³-hybridized carbons (Fsp3) is 0.188. The number of rotatable bonds is 4. The van der Waals surface area contributed by atoms with E-state index in [1.807, 2.05) is 37.3 Å². The van der Waals surface area contributed by atoms with Crippen LogP contribution in [0.4, 0.5) is 4.39 Å². The second-order valence-electron chi connectivity index (χ2n) is 4.69. The summed E-state index contributed by atoms with van der Waals surface area (Å²) in [6.07, 6.45) is 0.174. The van der Waals surface area contributed by atoms with E-state index >= 15 is 0 Å². The number of carbonyl (C=O) groups is 1. The van der Waals surface area contributed by atoms with Crippen LogP contribution in [-0.4, -0.2) is 5.91 Å². The molecular weight excluding hydrogens is 241 g/mol. The van der Waals surface area contributed by atoms with Crippen molar-refractivity contribution in [1.29, 1.82) is 0 Å². The zero-order chi connectivity index (χ0) is 13.8. The van der Waals surface area contributed by atoms with Gasteiger partial charge in [0.05, 0.1) is 0 Å². The van der Waals surface area contributed by atoms with Crippen LogP contribution in [0.25, 0.3) is 0 Å². The first-order valence-electron chi connectivity index (χ1n) is 6.16. The molecule has 0 spiro atoms. The van der Waals surface area contributed by atoms with E-state index in [9.17, 15) is 9.18 Å². The van der Waals surface area contributed by atoms with Crippen LogP contribution in [0.15, 0.2) is 48.5 Å². The predicted molar refractivity (Wildman–Crippen MR) is 73.2 cm³/mol. The molecule has 2 aromatic carbocycles. The second-order valence-corrected chi connectivity index (χ2v) is 4.69. The maximum atomic E-state index is 13.3. The Morgan fingerprint density at radius 2 is 1.79 bits per heavy atom. The highest BCUT2D eigenvalue weighted by molar-refractivity contribution is 5.75. The van der Waals surface area contributed by atoms with E-state index in [0.717, 1.165) is 16.7 Å². The van der Waals surface area contributed by atoms with Crippen molar-refractivity contribution in [1.82, 2.24) is 0 Å². The molecule has 0 aromatic heterocycles. The van der Waals surface area contributed by atoms with E-state index in [2.05, 4.69) is 0 Å². The van der Waals surface area contributed by atoms with Crippen LogP contribution in [0.3, 0.4) is 0 Å². The average molecular weight is 257 g/mol. The van der Waals surface area contributed by atoms with E-state index in [1.165, 1.54) is 12.1 Å². The van der Waals surface area contributed by atoms with Crippen molar-refractivity contribution in [2.45, 2.75) is 19.3 Å². The van der Waals surface area contributed by atoms with Crippen LogP contribution in [0.1, 0.15) is 29.0 Å². The summed E-state index contributed by atoms with van der Waals surface area (Å²) >= 11 is 0. The number of aryl methyl sites for hydroxylation is 1. The minimum atomic E-state index is -0.393. The van der Waals surface area contributed by atoms with E-state index in [4.69, 9.17) is 5.73 Å². The smallest absolute Gasteiger partial charge is 0.218 e. The van der Waals surface area contributed by atoms with Crippen molar-refractivity contribution in [2.75, 3.05) is 0 Å². The lowest BCUT2D eigenvalue weighted by Crippen LogP contribution is -2.16. The standard InChI is InChI=1S/C16H16FNO/c1-11-4-2-5-12(8-11)15(10-16(18)19)13-6-3-7-14(17)9-13/h2-9,15H,10H2,1H3,(H2,18,19). The van der Waals surface area contributed by atoms with Crippen LogP contribution < -0.4 is 5.73 Å². The highest BCUT2D eigenvalue weighted by Crippen LogP contribution is 2.28. The van der Waals surface area contributed by atoms with Crippen LogP contribution in [0.2, 0.25) is 0 Å². The minimum absolute atomic E-state index is 0.174. The van der Waals surface area contributed by atoms with Crippen molar-refractivity contribution < 1.29 is 9.18 Å². The highest BCUT2D eigenvalue weighted by Gasteiger charge is 2.17. The molecule has 0 heterocycles. The summed E-state index contributed by atoms with van der Waals surface area (Å²) in [5.41, 5.74) is 8.16. The molecule has 0 bridgehead atoms. The summed E-state index contributed by atoms with van der Waals surface area (Å²) in [5, 5.41) is 0. The van der Waals surface area contributed by atoms with Gasteiger partial charge in [0.2, 0.25) is 5.91 Å². The molecule has 2 aromatic rings.